The second kappa shape index (κ2) is 10.4. The van der Waals surface area contributed by atoms with Crippen molar-refractivity contribution in [3.05, 3.63) is 47.7 Å². The fourth-order valence-electron chi connectivity index (χ4n) is 5.09. The SMILES string of the molecule is CC(C)(C)c1ccc(N2CCC(COc3ccc(C4CC[N+](C)(C(=O)C=O)CC4)cc3)CC2)nn1. The fraction of sp³-hybridized carbons (Fsp3) is 0.571. The maximum atomic E-state index is 11.9. The Morgan fingerprint density at radius 1 is 1.03 bits per heavy atom. The topological polar surface area (TPSA) is 72.4 Å². The van der Waals surface area contributed by atoms with Gasteiger partial charge in [-0.15, -0.1) is 5.10 Å². The van der Waals surface area contributed by atoms with Crippen LogP contribution >= 0.6 is 0 Å². The molecule has 2 fully saturated rings. The number of aromatic nitrogens is 2. The predicted octanol–water partition coefficient (Wildman–Crippen LogP) is 4.12. The third-order valence-electron chi connectivity index (χ3n) is 7.77. The highest BCUT2D eigenvalue weighted by Crippen LogP contribution is 2.32. The van der Waals surface area contributed by atoms with E-state index in [-0.39, 0.29) is 15.8 Å². The first-order valence-corrected chi connectivity index (χ1v) is 12.8. The highest BCUT2D eigenvalue weighted by molar-refractivity contribution is 6.19. The molecule has 1 aromatic carbocycles. The van der Waals surface area contributed by atoms with Crippen LogP contribution in [0.1, 0.15) is 63.6 Å². The molecule has 7 nitrogen and oxygen atoms in total. The Bertz CT molecular complexity index is 998. The van der Waals surface area contributed by atoms with E-state index >= 15 is 0 Å². The van der Waals surface area contributed by atoms with Crippen LogP contribution in [0.4, 0.5) is 5.82 Å². The number of quaternary nitrogens is 1. The molecule has 0 atom stereocenters. The van der Waals surface area contributed by atoms with Crippen LogP contribution < -0.4 is 9.64 Å². The summed E-state index contributed by atoms with van der Waals surface area (Å²) in [7, 11) is 1.87. The average molecular weight is 480 g/mol. The van der Waals surface area contributed by atoms with Crippen molar-refractivity contribution in [3.8, 4) is 5.75 Å². The number of aldehydes is 1. The van der Waals surface area contributed by atoms with E-state index in [1.807, 2.05) is 7.05 Å². The lowest BCUT2D eigenvalue weighted by atomic mass is 9.88. The van der Waals surface area contributed by atoms with Crippen LogP contribution in [0, 0.1) is 5.92 Å². The van der Waals surface area contributed by atoms with Crippen LogP contribution in [-0.4, -0.2) is 66.7 Å². The lowest BCUT2D eigenvalue weighted by Crippen LogP contribution is -2.54. The molecular weight excluding hydrogens is 440 g/mol. The third kappa shape index (κ3) is 6.07. The van der Waals surface area contributed by atoms with Crippen molar-refractivity contribution in [3.63, 3.8) is 0 Å². The van der Waals surface area contributed by atoms with E-state index in [0.29, 0.717) is 31.2 Å². The molecule has 1 aromatic heterocycles. The zero-order valence-electron chi connectivity index (χ0n) is 21.6. The molecule has 2 aliphatic heterocycles. The van der Waals surface area contributed by atoms with Gasteiger partial charge in [0.25, 0.3) is 0 Å². The number of nitrogens with zero attached hydrogens (tertiary/aromatic N) is 4. The number of carbonyl (C=O) groups is 2. The molecule has 0 spiro atoms. The lowest BCUT2D eigenvalue weighted by Gasteiger charge is -2.37. The van der Waals surface area contributed by atoms with Gasteiger partial charge < -0.3 is 9.64 Å². The highest BCUT2D eigenvalue weighted by Gasteiger charge is 2.36. The van der Waals surface area contributed by atoms with Crippen molar-refractivity contribution in [2.24, 2.45) is 5.92 Å². The normalized spacial score (nSPS) is 23.7. The molecular formula is C28H39N4O3+. The van der Waals surface area contributed by atoms with Crippen molar-refractivity contribution in [1.82, 2.24) is 10.2 Å². The number of anilines is 1. The number of likely N-dealkylation sites (tertiary alicyclic amines) is 1. The molecule has 2 aromatic rings. The third-order valence-corrected chi connectivity index (χ3v) is 7.77. The van der Waals surface area contributed by atoms with Crippen LogP contribution in [0.5, 0.6) is 5.75 Å². The standard InChI is InChI=1S/C28H39N4O3/c1-28(2,3)25-9-10-26(30-29-25)31-15-11-21(12-16-31)20-35-24-7-5-22(6-8-24)23-13-17-32(4,18-14-23)27(34)19-33/h5-10,19,21,23H,11-18,20H2,1-4H3/q+1. The van der Waals surface area contributed by atoms with Crippen LogP contribution in [0.15, 0.2) is 36.4 Å². The van der Waals surface area contributed by atoms with E-state index in [2.05, 4.69) is 72.3 Å². The lowest BCUT2D eigenvalue weighted by molar-refractivity contribution is -0.836. The number of piperidine rings is 2. The van der Waals surface area contributed by atoms with Gasteiger partial charge in [0.15, 0.2) is 5.82 Å². The first kappa shape index (κ1) is 25.3. The molecule has 0 aliphatic carbocycles. The largest absolute Gasteiger partial charge is 0.493 e. The van der Waals surface area contributed by atoms with E-state index in [4.69, 9.17) is 4.74 Å². The quantitative estimate of drug-likeness (QED) is 0.353. The zero-order chi connectivity index (χ0) is 25.1. The first-order chi connectivity index (χ1) is 16.7. The Morgan fingerprint density at radius 2 is 1.69 bits per heavy atom. The molecule has 0 radical (unpaired) electrons. The van der Waals surface area contributed by atoms with E-state index in [0.717, 1.165) is 62.6 Å². The molecule has 4 rings (SSSR count). The molecule has 1 amide bonds. The number of hydrogen-bond acceptors (Lipinski definition) is 6. The number of rotatable bonds is 6. The summed E-state index contributed by atoms with van der Waals surface area (Å²) in [5.74, 6) is 2.53. The van der Waals surface area contributed by atoms with Crippen LogP contribution in [0.25, 0.3) is 0 Å². The number of ether oxygens (including phenoxy) is 1. The summed E-state index contributed by atoms with van der Waals surface area (Å²) in [5.41, 5.74) is 2.32. The maximum absolute atomic E-state index is 11.9. The smallest absolute Gasteiger partial charge is 0.378 e. The van der Waals surface area contributed by atoms with Gasteiger partial charge in [0, 0.05) is 31.3 Å². The minimum Gasteiger partial charge on any atom is -0.493 e. The van der Waals surface area contributed by atoms with Crippen LogP contribution in [0.2, 0.25) is 0 Å². The van der Waals surface area contributed by atoms with Crippen molar-refractivity contribution in [2.75, 3.05) is 44.7 Å². The zero-order valence-corrected chi connectivity index (χ0v) is 21.6. The molecule has 0 unspecified atom stereocenters. The van der Waals surface area contributed by atoms with E-state index in [1.54, 1.807) is 0 Å². The van der Waals surface area contributed by atoms with Crippen molar-refractivity contribution in [2.45, 2.75) is 57.8 Å². The second-order valence-electron chi connectivity index (χ2n) is 11.4. The van der Waals surface area contributed by atoms with Gasteiger partial charge in [0.1, 0.15) is 5.75 Å². The van der Waals surface area contributed by atoms with Gasteiger partial charge in [0.2, 0.25) is 6.29 Å². The summed E-state index contributed by atoms with van der Waals surface area (Å²) in [6.07, 6.45) is 4.46. The number of hydrogen-bond donors (Lipinski definition) is 0. The number of likely N-dealkylation sites (N-methyl/N-ethyl adjacent to an activating group) is 1. The Hall–Kier alpha value is -2.80. The Kier molecular flexibility index (Phi) is 7.55. The van der Waals surface area contributed by atoms with Gasteiger partial charge in [-0.25, -0.2) is 4.79 Å². The molecule has 3 heterocycles. The summed E-state index contributed by atoms with van der Waals surface area (Å²) >= 11 is 0. The Balaban J connectivity index is 1.22. The van der Waals surface area contributed by atoms with Crippen molar-refractivity contribution in [1.29, 1.82) is 0 Å². The molecule has 35 heavy (non-hydrogen) atoms. The second-order valence-corrected chi connectivity index (χ2v) is 11.4. The number of benzene rings is 1. The van der Waals surface area contributed by atoms with Gasteiger partial charge in [-0.2, -0.15) is 5.10 Å². The van der Waals surface area contributed by atoms with Gasteiger partial charge in [0.05, 0.1) is 32.4 Å². The van der Waals surface area contributed by atoms with Gasteiger partial charge >= 0.3 is 5.91 Å². The molecule has 0 bridgehead atoms. The summed E-state index contributed by atoms with van der Waals surface area (Å²) < 4.78 is 6.36. The Labute approximate surface area is 209 Å². The monoisotopic (exact) mass is 479 g/mol. The maximum Gasteiger partial charge on any atom is 0.378 e. The molecule has 188 valence electrons. The first-order valence-electron chi connectivity index (χ1n) is 12.8. The number of amides is 1. The molecule has 7 heteroatoms. The summed E-state index contributed by atoms with van der Waals surface area (Å²) in [6.45, 7) is 10.6. The molecule has 0 saturated carbocycles. The van der Waals surface area contributed by atoms with Crippen molar-refractivity contribution < 1.29 is 18.8 Å². The summed E-state index contributed by atoms with van der Waals surface area (Å²) in [5, 5.41) is 8.90. The van der Waals surface area contributed by atoms with E-state index in [1.165, 1.54) is 5.56 Å². The highest BCUT2D eigenvalue weighted by atomic mass is 16.5. The number of carbonyl (C=O) groups excluding carboxylic acids is 2. The van der Waals surface area contributed by atoms with E-state index < -0.39 is 0 Å². The van der Waals surface area contributed by atoms with Crippen LogP contribution in [-0.2, 0) is 15.0 Å². The predicted molar refractivity (Wildman–Crippen MR) is 137 cm³/mol. The minimum absolute atomic E-state index is 0.0166. The summed E-state index contributed by atoms with van der Waals surface area (Å²) in [6, 6.07) is 12.6. The van der Waals surface area contributed by atoms with Gasteiger partial charge in [-0.3, -0.25) is 9.28 Å². The molecule has 2 aliphatic rings. The van der Waals surface area contributed by atoms with Gasteiger partial charge in [-0.1, -0.05) is 32.9 Å². The van der Waals surface area contributed by atoms with Gasteiger partial charge in [-0.05, 0) is 54.5 Å². The minimum atomic E-state index is -0.315. The average Bonchev–Trinajstić information content (AvgIpc) is 2.87. The van der Waals surface area contributed by atoms with E-state index in [9.17, 15) is 9.59 Å². The fourth-order valence-corrected chi connectivity index (χ4v) is 5.09. The van der Waals surface area contributed by atoms with Crippen molar-refractivity contribution >= 4 is 18.0 Å². The summed E-state index contributed by atoms with van der Waals surface area (Å²) in [4.78, 5) is 25.1. The molecule has 0 N–H and O–H groups in total. The Morgan fingerprint density at radius 3 is 2.23 bits per heavy atom. The molecule has 2 saturated heterocycles. The van der Waals surface area contributed by atoms with Crippen LogP contribution in [0.3, 0.4) is 0 Å².